The largest absolute Gasteiger partial charge is 0.476 e. The predicted octanol–water partition coefficient (Wildman–Crippen LogP) is 3.52. The second-order valence-corrected chi connectivity index (χ2v) is 5.10. The molecule has 1 aliphatic carbocycles. The summed E-state index contributed by atoms with van der Waals surface area (Å²) < 4.78 is 5.74. The third-order valence-electron chi connectivity index (χ3n) is 3.23. The summed E-state index contributed by atoms with van der Waals surface area (Å²) in [6, 6.07) is 0. The summed E-state index contributed by atoms with van der Waals surface area (Å²) in [5.74, 6) is 1.71. The lowest BCUT2D eigenvalue weighted by Crippen LogP contribution is -2.16. The van der Waals surface area contributed by atoms with Gasteiger partial charge in [0.15, 0.2) is 0 Å². The molecule has 4 nitrogen and oxygen atoms in total. The lowest BCUT2D eigenvalue weighted by molar-refractivity contribution is 0.203. The van der Waals surface area contributed by atoms with E-state index in [2.05, 4.69) is 15.3 Å². The number of ether oxygens (including phenoxy) is 1. The molecule has 0 saturated heterocycles. The minimum Gasteiger partial charge on any atom is -0.476 e. The number of aromatic nitrogens is 2. The summed E-state index contributed by atoms with van der Waals surface area (Å²) in [7, 11) is 0. The van der Waals surface area contributed by atoms with E-state index in [1.54, 1.807) is 6.20 Å². The van der Waals surface area contributed by atoms with Crippen LogP contribution in [0.1, 0.15) is 39.0 Å². The normalized spacial score (nSPS) is 16.6. The van der Waals surface area contributed by atoms with E-state index in [4.69, 9.17) is 16.3 Å². The molecule has 18 heavy (non-hydrogen) atoms. The Bertz CT molecular complexity index is 380. The maximum atomic E-state index is 6.04. The fourth-order valence-electron chi connectivity index (χ4n) is 2.25. The van der Waals surface area contributed by atoms with Crippen LogP contribution in [0, 0.1) is 5.92 Å². The predicted molar refractivity (Wildman–Crippen MR) is 73.3 cm³/mol. The van der Waals surface area contributed by atoms with Crippen molar-refractivity contribution in [2.24, 2.45) is 5.92 Å². The maximum Gasteiger partial charge on any atom is 0.237 e. The monoisotopic (exact) mass is 269 g/mol. The molecule has 0 radical (unpaired) electrons. The summed E-state index contributed by atoms with van der Waals surface area (Å²) >= 11 is 6.04. The lowest BCUT2D eigenvalue weighted by atomic mass is 9.90. The maximum absolute atomic E-state index is 6.04. The summed E-state index contributed by atoms with van der Waals surface area (Å²) in [5, 5.41) is 3.53. The van der Waals surface area contributed by atoms with Crippen LogP contribution in [-0.2, 0) is 0 Å². The van der Waals surface area contributed by atoms with Crippen LogP contribution in [0.5, 0.6) is 5.88 Å². The van der Waals surface area contributed by atoms with E-state index >= 15 is 0 Å². The Balaban J connectivity index is 1.92. The van der Waals surface area contributed by atoms with Gasteiger partial charge in [-0.05, 0) is 25.7 Å². The number of hydrogen-bond acceptors (Lipinski definition) is 4. The number of rotatable bonds is 5. The van der Waals surface area contributed by atoms with E-state index in [0.717, 1.165) is 6.54 Å². The van der Waals surface area contributed by atoms with Crippen molar-refractivity contribution >= 4 is 17.5 Å². The molecule has 0 atom stereocenters. The average Bonchev–Trinajstić information content (AvgIpc) is 2.41. The van der Waals surface area contributed by atoms with Crippen molar-refractivity contribution in [1.29, 1.82) is 0 Å². The minimum absolute atomic E-state index is 0.479. The highest BCUT2D eigenvalue weighted by molar-refractivity contribution is 6.31. The molecule has 1 fully saturated rings. The van der Waals surface area contributed by atoms with E-state index in [1.165, 1.54) is 32.1 Å². The highest BCUT2D eigenvalue weighted by Crippen LogP contribution is 2.26. The number of anilines is 1. The van der Waals surface area contributed by atoms with Gasteiger partial charge in [0.25, 0.3) is 0 Å². The van der Waals surface area contributed by atoms with Crippen LogP contribution in [0.3, 0.4) is 0 Å². The number of nitrogens with zero attached hydrogens (tertiary/aromatic N) is 2. The zero-order valence-electron chi connectivity index (χ0n) is 10.8. The zero-order chi connectivity index (χ0) is 12.8. The van der Waals surface area contributed by atoms with Crippen molar-refractivity contribution in [3.8, 4) is 5.88 Å². The van der Waals surface area contributed by atoms with Gasteiger partial charge in [-0.3, -0.25) is 0 Å². The molecule has 1 heterocycles. The molecule has 1 aromatic heterocycles. The van der Waals surface area contributed by atoms with Crippen molar-refractivity contribution in [3.63, 3.8) is 0 Å². The van der Waals surface area contributed by atoms with Gasteiger partial charge in [-0.25, -0.2) is 4.98 Å². The standard InChI is InChI=1S/C13H20ClN3O/c1-2-15-13-16-8-11(14)12(17-13)18-9-10-6-4-3-5-7-10/h8,10H,2-7,9H2,1H3,(H,15,16,17). The SMILES string of the molecule is CCNc1ncc(Cl)c(OCC2CCCCC2)n1. The lowest BCUT2D eigenvalue weighted by Gasteiger charge is -2.21. The summed E-state index contributed by atoms with van der Waals surface area (Å²) in [4.78, 5) is 8.36. The summed E-state index contributed by atoms with van der Waals surface area (Å²) in [5.41, 5.74) is 0. The fraction of sp³-hybridized carbons (Fsp3) is 0.692. The molecule has 0 bridgehead atoms. The molecule has 1 saturated carbocycles. The average molecular weight is 270 g/mol. The van der Waals surface area contributed by atoms with Crippen LogP contribution in [-0.4, -0.2) is 23.1 Å². The Labute approximate surface area is 113 Å². The van der Waals surface area contributed by atoms with Crippen molar-refractivity contribution in [1.82, 2.24) is 9.97 Å². The molecule has 100 valence electrons. The molecule has 2 rings (SSSR count). The van der Waals surface area contributed by atoms with Gasteiger partial charge < -0.3 is 10.1 Å². The smallest absolute Gasteiger partial charge is 0.237 e. The Kier molecular flexibility index (Phi) is 5.05. The molecule has 0 unspecified atom stereocenters. The van der Waals surface area contributed by atoms with Gasteiger partial charge in [0.2, 0.25) is 11.8 Å². The van der Waals surface area contributed by atoms with Crippen molar-refractivity contribution in [3.05, 3.63) is 11.2 Å². The molecule has 5 heteroatoms. The molecular weight excluding hydrogens is 250 g/mol. The quantitative estimate of drug-likeness (QED) is 0.888. The Morgan fingerprint density at radius 2 is 2.17 bits per heavy atom. The van der Waals surface area contributed by atoms with Crippen molar-refractivity contribution in [2.45, 2.75) is 39.0 Å². The van der Waals surface area contributed by atoms with E-state index < -0.39 is 0 Å². The van der Waals surface area contributed by atoms with Crippen LogP contribution >= 0.6 is 11.6 Å². The van der Waals surface area contributed by atoms with Crippen LogP contribution in [0.25, 0.3) is 0 Å². The number of hydrogen-bond donors (Lipinski definition) is 1. The van der Waals surface area contributed by atoms with Gasteiger partial charge in [0.1, 0.15) is 5.02 Å². The van der Waals surface area contributed by atoms with E-state index in [9.17, 15) is 0 Å². The van der Waals surface area contributed by atoms with Gasteiger partial charge in [0, 0.05) is 6.54 Å². The number of halogens is 1. The number of nitrogens with one attached hydrogen (secondary N) is 1. The van der Waals surface area contributed by atoms with Crippen molar-refractivity contribution < 1.29 is 4.74 Å². The Hall–Kier alpha value is -1.03. The first-order valence-corrected chi connectivity index (χ1v) is 7.06. The molecular formula is C13H20ClN3O. The summed E-state index contributed by atoms with van der Waals surface area (Å²) in [6.45, 7) is 3.49. The molecule has 1 aromatic rings. The molecule has 0 aliphatic heterocycles. The fourth-order valence-corrected chi connectivity index (χ4v) is 2.39. The molecule has 1 N–H and O–H groups in total. The highest BCUT2D eigenvalue weighted by Gasteiger charge is 2.15. The van der Waals surface area contributed by atoms with Gasteiger partial charge in [-0.1, -0.05) is 30.9 Å². The first-order chi connectivity index (χ1) is 8.79. The first-order valence-electron chi connectivity index (χ1n) is 6.68. The highest BCUT2D eigenvalue weighted by atomic mass is 35.5. The minimum atomic E-state index is 0.479. The van der Waals surface area contributed by atoms with Crippen LogP contribution < -0.4 is 10.1 Å². The first kappa shape index (κ1) is 13.4. The third kappa shape index (κ3) is 3.73. The van der Waals surface area contributed by atoms with Gasteiger partial charge >= 0.3 is 0 Å². The second kappa shape index (κ2) is 6.78. The zero-order valence-corrected chi connectivity index (χ0v) is 11.5. The van der Waals surface area contributed by atoms with Crippen molar-refractivity contribution in [2.75, 3.05) is 18.5 Å². The van der Waals surface area contributed by atoms with E-state index in [0.29, 0.717) is 29.4 Å². The topological polar surface area (TPSA) is 47.0 Å². The van der Waals surface area contributed by atoms with Crippen LogP contribution in [0.2, 0.25) is 5.02 Å². The Morgan fingerprint density at radius 1 is 1.39 bits per heavy atom. The molecule has 0 spiro atoms. The van der Waals surface area contributed by atoms with Gasteiger partial charge in [0.05, 0.1) is 12.8 Å². The molecule has 0 aromatic carbocycles. The second-order valence-electron chi connectivity index (χ2n) is 4.69. The van der Waals surface area contributed by atoms with Crippen LogP contribution in [0.4, 0.5) is 5.95 Å². The Morgan fingerprint density at radius 3 is 2.89 bits per heavy atom. The van der Waals surface area contributed by atoms with Crippen LogP contribution in [0.15, 0.2) is 6.20 Å². The third-order valence-corrected chi connectivity index (χ3v) is 3.49. The van der Waals surface area contributed by atoms with Gasteiger partial charge in [-0.2, -0.15) is 4.98 Å². The molecule has 0 amide bonds. The van der Waals surface area contributed by atoms with E-state index in [1.807, 2.05) is 6.92 Å². The van der Waals surface area contributed by atoms with E-state index in [-0.39, 0.29) is 0 Å². The van der Waals surface area contributed by atoms with Gasteiger partial charge in [-0.15, -0.1) is 0 Å². The summed E-state index contributed by atoms with van der Waals surface area (Å²) in [6.07, 6.45) is 8.08. The molecule has 1 aliphatic rings.